The Hall–Kier alpha value is -3.14. The molecule has 0 atom stereocenters. The Labute approximate surface area is 180 Å². The summed E-state index contributed by atoms with van der Waals surface area (Å²) in [4.78, 5) is 20.0. The molecule has 0 amide bonds. The number of hydrogen-bond donors (Lipinski definition) is 1. The number of aromatic nitrogens is 2. The molecule has 0 radical (unpaired) electrons. The molecule has 0 bridgehead atoms. The minimum atomic E-state index is -0.136. The van der Waals surface area contributed by atoms with Crippen LogP contribution >= 0.6 is 11.6 Å². The first-order chi connectivity index (χ1) is 14.5. The lowest BCUT2D eigenvalue weighted by atomic mass is 10.1. The second-order valence-electron chi connectivity index (χ2n) is 7.53. The number of nitriles is 1. The topological polar surface area (TPSA) is 87.9 Å². The first kappa shape index (κ1) is 20.1. The predicted molar refractivity (Wildman–Crippen MR) is 119 cm³/mol. The highest BCUT2D eigenvalue weighted by molar-refractivity contribution is 6.30. The van der Waals surface area contributed by atoms with E-state index in [1.807, 2.05) is 41.3 Å². The molecular weight excluding hydrogens is 398 g/mol. The maximum Gasteiger partial charge on any atom is 0.293 e. The van der Waals surface area contributed by atoms with E-state index in [4.69, 9.17) is 27.6 Å². The lowest BCUT2D eigenvalue weighted by molar-refractivity contribution is 0.496. The summed E-state index contributed by atoms with van der Waals surface area (Å²) in [6.45, 7) is 1.81. The van der Waals surface area contributed by atoms with Crippen molar-refractivity contribution in [1.29, 1.82) is 5.26 Å². The van der Waals surface area contributed by atoms with Crippen LogP contribution in [0.15, 0.2) is 59.5 Å². The lowest BCUT2D eigenvalue weighted by Gasteiger charge is -2.31. The van der Waals surface area contributed by atoms with Gasteiger partial charge in [-0.15, -0.1) is 0 Å². The number of benzene rings is 2. The van der Waals surface area contributed by atoms with Crippen LogP contribution in [0.2, 0.25) is 5.02 Å². The molecule has 1 aliphatic rings. The van der Waals surface area contributed by atoms with E-state index in [2.05, 4.69) is 6.07 Å². The molecule has 1 saturated heterocycles. The van der Waals surface area contributed by atoms with Crippen molar-refractivity contribution in [3.05, 3.63) is 81.2 Å². The van der Waals surface area contributed by atoms with E-state index < -0.39 is 0 Å². The standard InChI is InChI=1S/C23H22ClN5O/c24-19-3-1-2-17(12-19)14-29-15-21(18-6-4-16(13-25)5-7-18)27-22(23(29)30)28-10-8-20(26)9-11-28/h1-7,12,15,20H,8-11,14,26H2. The van der Waals surface area contributed by atoms with Gasteiger partial charge in [0.25, 0.3) is 5.56 Å². The molecule has 3 aromatic rings. The molecule has 6 nitrogen and oxygen atoms in total. The normalized spacial score (nSPS) is 14.5. The van der Waals surface area contributed by atoms with E-state index in [9.17, 15) is 4.79 Å². The number of nitrogens with zero attached hydrogens (tertiary/aromatic N) is 4. The average Bonchev–Trinajstić information content (AvgIpc) is 2.76. The highest BCUT2D eigenvalue weighted by Gasteiger charge is 2.22. The Balaban J connectivity index is 1.78. The Morgan fingerprint density at radius 2 is 1.90 bits per heavy atom. The minimum absolute atomic E-state index is 0.136. The fourth-order valence-corrected chi connectivity index (χ4v) is 3.86. The first-order valence-corrected chi connectivity index (χ1v) is 10.3. The molecule has 4 rings (SSSR count). The van der Waals surface area contributed by atoms with Crippen LogP contribution in [-0.2, 0) is 6.54 Å². The van der Waals surface area contributed by atoms with Crippen LogP contribution in [0.3, 0.4) is 0 Å². The zero-order valence-electron chi connectivity index (χ0n) is 16.5. The summed E-state index contributed by atoms with van der Waals surface area (Å²) in [6, 6.07) is 17.0. The molecule has 7 heteroatoms. The predicted octanol–water partition coefficient (Wildman–Crippen LogP) is 3.41. The molecule has 0 unspecified atom stereocenters. The van der Waals surface area contributed by atoms with Gasteiger partial charge in [0, 0.05) is 35.9 Å². The van der Waals surface area contributed by atoms with Gasteiger partial charge in [0.05, 0.1) is 23.9 Å². The molecular formula is C23H22ClN5O. The van der Waals surface area contributed by atoms with E-state index in [0.717, 1.165) is 24.0 Å². The van der Waals surface area contributed by atoms with Crippen LogP contribution < -0.4 is 16.2 Å². The van der Waals surface area contributed by atoms with Crippen LogP contribution in [0.25, 0.3) is 11.3 Å². The third-order valence-corrected chi connectivity index (χ3v) is 5.58. The maximum absolute atomic E-state index is 13.3. The molecule has 0 spiro atoms. The third-order valence-electron chi connectivity index (χ3n) is 5.35. The number of piperidine rings is 1. The molecule has 2 heterocycles. The fourth-order valence-electron chi connectivity index (χ4n) is 3.65. The summed E-state index contributed by atoms with van der Waals surface area (Å²) in [5, 5.41) is 9.69. The zero-order chi connectivity index (χ0) is 21.1. The van der Waals surface area contributed by atoms with Gasteiger partial charge in [0.2, 0.25) is 0 Å². The number of nitrogens with two attached hydrogens (primary N) is 1. The molecule has 2 N–H and O–H groups in total. The fraction of sp³-hybridized carbons (Fsp3) is 0.261. The van der Waals surface area contributed by atoms with Crippen LogP contribution in [0, 0.1) is 11.3 Å². The van der Waals surface area contributed by atoms with Crippen molar-refractivity contribution in [2.24, 2.45) is 5.73 Å². The molecule has 2 aromatic carbocycles. The smallest absolute Gasteiger partial charge is 0.293 e. The van der Waals surface area contributed by atoms with Gasteiger partial charge in [0.15, 0.2) is 5.82 Å². The zero-order valence-corrected chi connectivity index (χ0v) is 17.2. The van der Waals surface area contributed by atoms with Crippen LogP contribution in [0.1, 0.15) is 24.0 Å². The SMILES string of the molecule is N#Cc1ccc(-c2cn(Cc3cccc(Cl)c3)c(=O)c(N3CCC(N)CC3)n2)cc1. The van der Waals surface area contributed by atoms with Gasteiger partial charge in [-0.25, -0.2) is 4.98 Å². The van der Waals surface area contributed by atoms with Gasteiger partial charge in [-0.05, 0) is 42.7 Å². The van der Waals surface area contributed by atoms with Gasteiger partial charge >= 0.3 is 0 Å². The summed E-state index contributed by atoms with van der Waals surface area (Å²) < 4.78 is 1.68. The Morgan fingerprint density at radius 3 is 2.57 bits per heavy atom. The number of halogens is 1. The van der Waals surface area contributed by atoms with Crippen LogP contribution in [0.5, 0.6) is 0 Å². The monoisotopic (exact) mass is 419 g/mol. The van der Waals surface area contributed by atoms with Crippen LogP contribution in [0.4, 0.5) is 5.82 Å². The quantitative estimate of drug-likeness (QED) is 0.700. The van der Waals surface area contributed by atoms with E-state index in [1.54, 1.807) is 22.9 Å². The molecule has 30 heavy (non-hydrogen) atoms. The van der Waals surface area contributed by atoms with Crippen molar-refractivity contribution in [2.75, 3.05) is 18.0 Å². The number of hydrogen-bond acceptors (Lipinski definition) is 5. The van der Waals surface area contributed by atoms with Gasteiger partial charge < -0.3 is 15.2 Å². The summed E-state index contributed by atoms with van der Waals surface area (Å²) >= 11 is 6.13. The molecule has 1 fully saturated rings. The summed E-state index contributed by atoms with van der Waals surface area (Å²) in [5.41, 5.74) is 8.96. The van der Waals surface area contributed by atoms with E-state index >= 15 is 0 Å². The molecule has 152 valence electrons. The van der Waals surface area contributed by atoms with Gasteiger partial charge in [-0.1, -0.05) is 35.9 Å². The highest BCUT2D eigenvalue weighted by Crippen LogP contribution is 2.22. The third kappa shape index (κ3) is 4.38. The molecule has 0 saturated carbocycles. The first-order valence-electron chi connectivity index (χ1n) is 9.90. The van der Waals surface area contributed by atoms with Crippen molar-refractivity contribution in [3.63, 3.8) is 0 Å². The summed E-state index contributed by atoms with van der Waals surface area (Å²) in [7, 11) is 0. The van der Waals surface area contributed by atoms with Gasteiger partial charge in [-0.2, -0.15) is 5.26 Å². The Bertz CT molecular complexity index is 1140. The summed E-state index contributed by atoms with van der Waals surface area (Å²) in [5.74, 6) is 0.436. The van der Waals surface area contributed by atoms with Crippen molar-refractivity contribution in [1.82, 2.24) is 9.55 Å². The van der Waals surface area contributed by atoms with Crippen LogP contribution in [-0.4, -0.2) is 28.7 Å². The number of anilines is 1. The maximum atomic E-state index is 13.3. The Morgan fingerprint density at radius 1 is 1.17 bits per heavy atom. The second-order valence-corrected chi connectivity index (χ2v) is 7.96. The minimum Gasteiger partial charge on any atom is -0.352 e. The lowest BCUT2D eigenvalue weighted by Crippen LogP contribution is -2.43. The van der Waals surface area contributed by atoms with E-state index in [0.29, 0.717) is 41.7 Å². The largest absolute Gasteiger partial charge is 0.352 e. The number of rotatable bonds is 4. The molecule has 1 aromatic heterocycles. The van der Waals surface area contributed by atoms with Crippen molar-refractivity contribution in [2.45, 2.75) is 25.4 Å². The van der Waals surface area contributed by atoms with Gasteiger partial charge in [0.1, 0.15) is 0 Å². The van der Waals surface area contributed by atoms with Crippen molar-refractivity contribution < 1.29 is 0 Å². The second kappa shape index (κ2) is 8.70. The van der Waals surface area contributed by atoms with E-state index in [-0.39, 0.29) is 11.6 Å². The molecule has 0 aliphatic carbocycles. The Kier molecular flexibility index (Phi) is 5.84. The van der Waals surface area contributed by atoms with Gasteiger partial charge in [-0.3, -0.25) is 4.79 Å². The molecule has 1 aliphatic heterocycles. The van der Waals surface area contributed by atoms with Crippen molar-refractivity contribution >= 4 is 17.4 Å². The van der Waals surface area contributed by atoms with E-state index in [1.165, 1.54) is 0 Å². The highest BCUT2D eigenvalue weighted by atomic mass is 35.5. The van der Waals surface area contributed by atoms with Crippen molar-refractivity contribution in [3.8, 4) is 17.3 Å². The average molecular weight is 420 g/mol. The summed E-state index contributed by atoms with van der Waals surface area (Å²) in [6.07, 6.45) is 3.43.